The van der Waals surface area contributed by atoms with Crippen LogP contribution in [0.15, 0.2) is 17.5 Å². The summed E-state index contributed by atoms with van der Waals surface area (Å²) in [6.45, 7) is 10.6. The van der Waals surface area contributed by atoms with E-state index in [0.29, 0.717) is 11.8 Å². The van der Waals surface area contributed by atoms with E-state index in [-0.39, 0.29) is 5.91 Å². The van der Waals surface area contributed by atoms with Crippen LogP contribution in [0, 0.1) is 11.8 Å². The lowest BCUT2D eigenvalue weighted by Crippen LogP contribution is -2.33. The summed E-state index contributed by atoms with van der Waals surface area (Å²) in [6, 6.07) is 3.87. The Morgan fingerprint density at radius 1 is 1.17 bits per heavy atom. The van der Waals surface area contributed by atoms with Gasteiger partial charge in [-0.25, -0.2) is 0 Å². The lowest BCUT2D eigenvalue weighted by atomic mass is 10.1. The molecular formula is C15H25NOS. The van der Waals surface area contributed by atoms with Crippen molar-refractivity contribution >= 4 is 17.2 Å². The molecule has 1 heterocycles. The fourth-order valence-electron chi connectivity index (χ4n) is 1.70. The molecule has 0 aliphatic rings. The minimum absolute atomic E-state index is 0.200. The Hall–Kier alpha value is -0.830. The van der Waals surface area contributed by atoms with Gasteiger partial charge in [0.25, 0.3) is 5.91 Å². The zero-order valence-electron chi connectivity index (χ0n) is 12.0. The zero-order chi connectivity index (χ0) is 13.5. The van der Waals surface area contributed by atoms with Gasteiger partial charge in [-0.3, -0.25) is 4.79 Å². The molecule has 0 unspecified atom stereocenters. The number of amides is 1. The molecule has 0 aliphatic carbocycles. The number of hydrogen-bond donors (Lipinski definition) is 0. The number of nitrogens with zero attached hydrogens (tertiary/aromatic N) is 1. The third kappa shape index (κ3) is 5.21. The van der Waals surface area contributed by atoms with Crippen molar-refractivity contribution < 1.29 is 4.79 Å². The van der Waals surface area contributed by atoms with E-state index in [1.165, 1.54) is 11.3 Å². The second-order valence-electron chi connectivity index (χ2n) is 5.63. The highest BCUT2D eigenvalue weighted by Gasteiger charge is 2.16. The first-order valence-electron chi connectivity index (χ1n) is 6.83. The van der Waals surface area contributed by atoms with Gasteiger partial charge in [-0.1, -0.05) is 33.8 Å². The van der Waals surface area contributed by atoms with Gasteiger partial charge in [0.15, 0.2) is 0 Å². The summed E-state index contributed by atoms with van der Waals surface area (Å²) < 4.78 is 0. The Balaban J connectivity index is 2.60. The van der Waals surface area contributed by atoms with Crippen molar-refractivity contribution in [2.75, 3.05) is 13.1 Å². The Labute approximate surface area is 115 Å². The average Bonchev–Trinajstić information content (AvgIpc) is 2.81. The van der Waals surface area contributed by atoms with Gasteiger partial charge >= 0.3 is 0 Å². The Bertz CT molecular complexity index is 331. The molecule has 0 fully saturated rings. The molecule has 0 bridgehead atoms. The van der Waals surface area contributed by atoms with Crippen LogP contribution in [-0.4, -0.2) is 23.9 Å². The van der Waals surface area contributed by atoms with Crippen molar-refractivity contribution in [2.45, 2.75) is 40.5 Å². The molecule has 0 atom stereocenters. The van der Waals surface area contributed by atoms with Crippen molar-refractivity contribution in [3.05, 3.63) is 22.4 Å². The monoisotopic (exact) mass is 267 g/mol. The van der Waals surface area contributed by atoms with Crippen LogP contribution in [0.25, 0.3) is 0 Å². The molecule has 1 aromatic heterocycles. The summed E-state index contributed by atoms with van der Waals surface area (Å²) in [5, 5.41) is 1.97. The first-order chi connectivity index (χ1) is 8.50. The molecule has 0 aromatic carbocycles. The average molecular weight is 267 g/mol. The SMILES string of the molecule is CC(C)CCN(CCC(C)C)C(=O)c1cccs1. The zero-order valence-corrected chi connectivity index (χ0v) is 12.8. The Morgan fingerprint density at radius 2 is 1.72 bits per heavy atom. The van der Waals surface area contributed by atoms with E-state index in [9.17, 15) is 4.79 Å². The fourth-order valence-corrected chi connectivity index (χ4v) is 2.39. The highest BCUT2D eigenvalue weighted by Crippen LogP contribution is 2.15. The topological polar surface area (TPSA) is 20.3 Å². The van der Waals surface area contributed by atoms with Crippen molar-refractivity contribution in [1.82, 2.24) is 4.90 Å². The minimum Gasteiger partial charge on any atom is -0.338 e. The molecule has 0 saturated carbocycles. The summed E-state index contributed by atoms with van der Waals surface area (Å²) >= 11 is 1.54. The predicted molar refractivity (Wildman–Crippen MR) is 79.1 cm³/mol. The summed E-state index contributed by atoms with van der Waals surface area (Å²) in [4.78, 5) is 15.3. The van der Waals surface area contributed by atoms with Gasteiger partial charge in [-0.05, 0) is 36.1 Å². The van der Waals surface area contributed by atoms with Crippen LogP contribution in [-0.2, 0) is 0 Å². The van der Waals surface area contributed by atoms with E-state index < -0.39 is 0 Å². The van der Waals surface area contributed by atoms with Gasteiger partial charge in [-0.15, -0.1) is 11.3 Å². The lowest BCUT2D eigenvalue weighted by Gasteiger charge is -2.24. The van der Waals surface area contributed by atoms with Gasteiger partial charge in [0.2, 0.25) is 0 Å². The normalized spacial score (nSPS) is 11.2. The van der Waals surface area contributed by atoms with Crippen LogP contribution in [0.2, 0.25) is 0 Å². The maximum Gasteiger partial charge on any atom is 0.263 e. The molecule has 18 heavy (non-hydrogen) atoms. The van der Waals surface area contributed by atoms with Crippen LogP contribution in [0.4, 0.5) is 0 Å². The van der Waals surface area contributed by atoms with Crippen LogP contribution in [0.1, 0.15) is 50.2 Å². The number of thiophene rings is 1. The molecule has 1 rings (SSSR count). The van der Waals surface area contributed by atoms with Crippen molar-refractivity contribution in [2.24, 2.45) is 11.8 Å². The van der Waals surface area contributed by atoms with Crippen LogP contribution in [0.5, 0.6) is 0 Å². The Kier molecular flexibility index (Phi) is 6.41. The second-order valence-corrected chi connectivity index (χ2v) is 6.58. The van der Waals surface area contributed by atoms with E-state index >= 15 is 0 Å². The summed E-state index contributed by atoms with van der Waals surface area (Å²) in [5.41, 5.74) is 0. The highest BCUT2D eigenvalue weighted by atomic mass is 32.1. The Morgan fingerprint density at radius 3 is 2.11 bits per heavy atom. The summed E-state index contributed by atoms with van der Waals surface area (Å²) in [5.74, 6) is 1.48. The minimum atomic E-state index is 0.200. The van der Waals surface area contributed by atoms with E-state index in [1.807, 2.05) is 22.4 Å². The van der Waals surface area contributed by atoms with Crippen LogP contribution < -0.4 is 0 Å². The molecule has 0 saturated heterocycles. The van der Waals surface area contributed by atoms with Crippen molar-refractivity contribution in [3.8, 4) is 0 Å². The third-order valence-corrected chi connectivity index (χ3v) is 3.83. The van der Waals surface area contributed by atoms with E-state index in [0.717, 1.165) is 30.8 Å². The predicted octanol–water partition coefficient (Wildman–Crippen LogP) is 4.28. The number of hydrogen-bond acceptors (Lipinski definition) is 2. The molecule has 0 aliphatic heterocycles. The number of carbonyl (C=O) groups is 1. The molecule has 3 heteroatoms. The number of carbonyl (C=O) groups excluding carboxylic acids is 1. The van der Waals surface area contributed by atoms with Gasteiger partial charge in [0.1, 0.15) is 0 Å². The molecule has 1 aromatic rings. The van der Waals surface area contributed by atoms with E-state index in [1.54, 1.807) is 0 Å². The molecule has 0 N–H and O–H groups in total. The van der Waals surface area contributed by atoms with E-state index in [2.05, 4.69) is 27.7 Å². The number of rotatable bonds is 7. The van der Waals surface area contributed by atoms with Crippen LogP contribution >= 0.6 is 11.3 Å². The first-order valence-corrected chi connectivity index (χ1v) is 7.71. The molecule has 1 amide bonds. The maximum absolute atomic E-state index is 12.4. The fraction of sp³-hybridized carbons (Fsp3) is 0.667. The maximum atomic E-state index is 12.4. The van der Waals surface area contributed by atoms with Gasteiger partial charge in [0.05, 0.1) is 4.88 Å². The second kappa shape index (κ2) is 7.57. The van der Waals surface area contributed by atoms with Crippen molar-refractivity contribution in [1.29, 1.82) is 0 Å². The van der Waals surface area contributed by atoms with Crippen LogP contribution in [0.3, 0.4) is 0 Å². The van der Waals surface area contributed by atoms with Gasteiger partial charge < -0.3 is 4.90 Å². The van der Waals surface area contributed by atoms with Crippen molar-refractivity contribution in [3.63, 3.8) is 0 Å². The summed E-state index contributed by atoms with van der Waals surface area (Å²) in [7, 11) is 0. The molecule has 2 nitrogen and oxygen atoms in total. The summed E-state index contributed by atoms with van der Waals surface area (Å²) in [6.07, 6.45) is 2.16. The van der Waals surface area contributed by atoms with Gasteiger partial charge in [0, 0.05) is 13.1 Å². The first kappa shape index (κ1) is 15.2. The molecule has 0 radical (unpaired) electrons. The quantitative estimate of drug-likeness (QED) is 0.722. The molecule has 102 valence electrons. The van der Waals surface area contributed by atoms with Gasteiger partial charge in [-0.2, -0.15) is 0 Å². The third-order valence-electron chi connectivity index (χ3n) is 2.97. The van der Waals surface area contributed by atoms with E-state index in [4.69, 9.17) is 0 Å². The lowest BCUT2D eigenvalue weighted by molar-refractivity contribution is 0.0745. The smallest absolute Gasteiger partial charge is 0.263 e. The molecule has 0 spiro atoms. The molecular weight excluding hydrogens is 242 g/mol. The standard InChI is InChI=1S/C15H25NOS/c1-12(2)7-9-16(10-8-13(3)4)15(17)14-6-5-11-18-14/h5-6,11-13H,7-10H2,1-4H3. The largest absolute Gasteiger partial charge is 0.338 e. The highest BCUT2D eigenvalue weighted by molar-refractivity contribution is 7.12.